The zero-order valence-corrected chi connectivity index (χ0v) is 22.7. The first-order valence-electron chi connectivity index (χ1n) is 10.5. The monoisotopic (exact) mass is 567 g/mol. The molecule has 0 amide bonds. The zero-order chi connectivity index (χ0) is 25.7. The molecule has 0 bridgehead atoms. The molecule has 12 heteroatoms. The summed E-state index contributed by atoms with van der Waals surface area (Å²) >= 11 is 8.18. The van der Waals surface area contributed by atoms with E-state index in [0.29, 0.717) is 10.0 Å². The largest absolute Gasteiger partial charge is 0.341 e. The number of aryl methyl sites for hydroxylation is 1. The van der Waals surface area contributed by atoms with E-state index in [1.54, 1.807) is 58.3 Å². The number of nitrogens with zero attached hydrogens (tertiary/aromatic N) is 7. The summed E-state index contributed by atoms with van der Waals surface area (Å²) in [6, 6.07) is 19.2. The van der Waals surface area contributed by atoms with E-state index >= 15 is 0 Å². The molecule has 174 valence electrons. The van der Waals surface area contributed by atoms with E-state index in [2.05, 4.69) is 33.7 Å². The van der Waals surface area contributed by atoms with Crippen molar-refractivity contribution in [3.63, 3.8) is 0 Å². The van der Waals surface area contributed by atoms with Crippen molar-refractivity contribution in [2.75, 3.05) is 0 Å². The summed E-state index contributed by atoms with van der Waals surface area (Å²) in [6.07, 6.45) is 0. The molecule has 0 saturated heterocycles. The van der Waals surface area contributed by atoms with Gasteiger partial charge in [0.2, 0.25) is 11.4 Å². The van der Waals surface area contributed by atoms with Crippen molar-refractivity contribution in [3.8, 4) is 43.8 Å². The van der Waals surface area contributed by atoms with Gasteiger partial charge >= 0.3 is 0 Å². The molecule has 37 heavy (non-hydrogen) atoms. The molecule has 0 N–H and O–H groups in total. The molecule has 0 atom stereocenters. The molecule has 0 radical (unpaired) electrons. The summed E-state index contributed by atoms with van der Waals surface area (Å²) in [4.78, 5) is 12.6. The van der Waals surface area contributed by atoms with Gasteiger partial charge in [0, 0.05) is 31.3 Å². The molecule has 7 nitrogen and oxygen atoms in total. The molecule has 0 fully saturated rings. The van der Waals surface area contributed by atoms with E-state index in [-0.39, 0.29) is 11.4 Å². The molecule has 0 aliphatic carbocycles. The normalized spacial score (nSPS) is 10.7. The minimum atomic E-state index is -0.148. The Hall–Kier alpha value is -4.14. The van der Waals surface area contributed by atoms with Crippen molar-refractivity contribution in [2.45, 2.75) is 0 Å². The Balaban J connectivity index is 1.39. The molecular weight excluding hydrogens is 559 g/mol. The van der Waals surface area contributed by atoms with Crippen LogP contribution in [0.5, 0.6) is 0 Å². The van der Waals surface area contributed by atoms with Gasteiger partial charge in [-0.1, -0.05) is 0 Å². The van der Waals surface area contributed by atoms with Crippen molar-refractivity contribution < 1.29 is 0 Å². The summed E-state index contributed by atoms with van der Waals surface area (Å²) in [6.45, 7) is 0. The number of aromatic nitrogens is 1. The first-order chi connectivity index (χ1) is 18.0. The molecule has 6 aromatic rings. The van der Waals surface area contributed by atoms with Gasteiger partial charge in [0.1, 0.15) is 34.3 Å². The molecule has 0 spiro atoms. The van der Waals surface area contributed by atoms with Crippen LogP contribution in [0.2, 0.25) is 0 Å². The van der Waals surface area contributed by atoms with Gasteiger partial charge in [0.15, 0.2) is 0 Å². The van der Waals surface area contributed by atoms with Crippen LogP contribution in [0.15, 0.2) is 46.4 Å². The van der Waals surface area contributed by atoms with E-state index in [9.17, 15) is 0 Å². The van der Waals surface area contributed by atoms with Gasteiger partial charge in [-0.25, -0.2) is 9.98 Å². The van der Waals surface area contributed by atoms with Gasteiger partial charge in [-0.2, -0.15) is 21.0 Å². The van der Waals surface area contributed by atoms with Crippen LogP contribution in [-0.4, -0.2) is 16.0 Å². The third-order valence-corrected chi connectivity index (χ3v) is 11.5. The first kappa shape index (κ1) is 23.3. The van der Waals surface area contributed by atoms with Gasteiger partial charge in [-0.15, -0.1) is 56.7 Å². The lowest BCUT2D eigenvalue weighted by Gasteiger charge is -1.95. The van der Waals surface area contributed by atoms with Crippen LogP contribution in [0, 0.1) is 45.3 Å². The highest BCUT2D eigenvalue weighted by Crippen LogP contribution is 2.50. The highest BCUT2D eigenvalue weighted by Gasteiger charge is 2.21. The van der Waals surface area contributed by atoms with Gasteiger partial charge in [0.05, 0.1) is 25.1 Å². The Bertz CT molecular complexity index is 2080. The van der Waals surface area contributed by atoms with Crippen molar-refractivity contribution in [2.24, 2.45) is 17.0 Å². The van der Waals surface area contributed by atoms with Crippen molar-refractivity contribution in [3.05, 3.63) is 36.4 Å². The number of hydrogen-bond acceptors (Lipinski definition) is 11. The lowest BCUT2D eigenvalue weighted by atomic mass is 10.3. The molecule has 0 aliphatic heterocycles. The van der Waals surface area contributed by atoms with Crippen molar-refractivity contribution >= 4 is 108 Å². The summed E-state index contributed by atoms with van der Waals surface area (Å²) in [7, 11) is 2.09. The second-order valence-corrected chi connectivity index (χ2v) is 12.9. The molecular formula is C25H9N7S5. The van der Waals surface area contributed by atoms with Crippen LogP contribution in [-0.2, 0) is 7.05 Å². The van der Waals surface area contributed by atoms with Crippen molar-refractivity contribution in [1.29, 1.82) is 21.0 Å². The van der Waals surface area contributed by atoms with Crippen LogP contribution in [0.3, 0.4) is 0 Å². The Morgan fingerprint density at radius 3 is 1.76 bits per heavy atom. The van der Waals surface area contributed by atoms with Gasteiger partial charge in [-0.05, 0) is 36.4 Å². The lowest BCUT2D eigenvalue weighted by Crippen LogP contribution is -1.84. The topological polar surface area (TPSA) is 125 Å². The van der Waals surface area contributed by atoms with Gasteiger partial charge < -0.3 is 4.57 Å². The van der Waals surface area contributed by atoms with Crippen LogP contribution in [0.25, 0.3) is 49.3 Å². The quantitative estimate of drug-likeness (QED) is 0.198. The predicted octanol–water partition coefficient (Wildman–Crippen LogP) is 8.37. The van der Waals surface area contributed by atoms with Crippen LogP contribution in [0.1, 0.15) is 0 Å². The second kappa shape index (κ2) is 9.06. The number of fused-ring (bicyclic) bond motifs is 5. The summed E-state index contributed by atoms with van der Waals surface area (Å²) in [5, 5.41) is 37.1. The fraction of sp³-hybridized carbons (Fsp3) is 0.0400. The summed E-state index contributed by atoms with van der Waals surface area (Å²) in [5.74, 6) is 0. The minimum Gasteiger partial charge on any atom is -0.341 e. The van der Waals surface area contributed by atoms with Gasteiger partial charge in [-0.3, -0.25) is 0 Å². The van der Waals surface area contributed by atoms with E-state index < -0.39 is 0 Å². The van der Waals surface area contributed by atoms with E-state index in [1.165, 1.54) is 52.5 Å². The van der Waals surface area contributed by atoms with E-state index in [4.69, 9.17) is 21.0 Å². The number of hydrogen-bond donors (Lipinski definition) is 0. The second-order valence-electron chi connectivity index (χ2n) is 7.61. The minimum absolute atomic E-state index is 0.147. The van der Waals surface area contributed by atoms with E-state index in [0.717, 1.165) is 19.5 Å². The Morgan fingerprint density at radius 2 is 1.19 bits per heavy atom. The Morgan fingerprint density at radius 1 is 0.649 bits per heavy atom. The predicted molar refractivity (Wildman–Crippen MR) is 155 cm³/mol. The fourth-order valence-corrected chi connectivity index (χ4v) is 9.86. The van der Waals surface area contributed by atoms with Gasteiger partial charge in [0.25, 0.3) is 0 Å². The first-order valence-corrected chi connectivity index (χ1v) is 14.5. The molecule has 0 aromatic carbocycles. The number of thiophene rings is 5. The molecule has 0 unspecified atom stereocenters. The average Bonchev–Trinajstić information content (AvgIpc) is 3.72. The smallest absolute Gasteiger partial charge is 0.219 e. The lowest BCUT2D eigenvalue weighted by molar-refractivity contribution is 1.02. The maximum absolute atomic E-state index is 8.96. The maximum Gasteiger partial charge on any atom is 0.219 e. The molecule has 0 saturated carbocycles. The Labute approximate surface area is 229 Å². The third kappa shape index (κ3) is 3.85. The molecule has 0 aliphatic rings. The highest BCUT2D eigenvalue weighted by molar-refractivity contribution is 7.37. The highest BCUT2D eigenvalue weighted by atomic mass is 32.1. The number of nitriles is 4. The Kier molecular flexibility index (Phi) is 5.70. The molecule has 6 heterocycles. The zero-order valence-electron chi connectivity index (χ0n) is 18.6. The number of rotatable bonds is 4. The van der Waals surface area contributed by atoms with Crippen LogP contribution in [0.4, 0.5) is 10.0 Å². The average molecular weight is 568 g/mol. The standard InChI is InChI=1S/C25H9N7S5/c1-32-14-6-17(15-2-4-20(33-15)30-12(8-26)9-27)35-23(14)25-22(32)24-19(37-25)7-18(36-24)16-3-5-21(34-16)31-13(10-28)11-29/h2-7H,1H3. The van der Waals surface area contributed by atoms with Crippen LogP contribution < -0.4 is 0 Å². The SMILES string of the molecule is Cn1c2cc(-c3ccc(N=C(C#N)C#N)s3)sc2c2sc3cc(-c4ccc(N=C(C#N)C#N)s4)sc3c21. The van der Waals surface area contributed by atoms with Crippen molar-refractivity contribution in [1.82, 2.24) is 4.57 Å². The molecule has 6 aromatic heterocycles. The summed E-state index contributed by atoms with van der Waals surface area (Å²) < 4.78 is 7.21. The maximum atomic E-state index is 8.96. The fourth-order valence-electron chi connectivity index (χ4n) is 3.90. The molecule has 6 rings (SSSR count). The van der Waals surface area contributed by atoms with E-state index in [1.807, 2.05) is 24.3 Å². The number of aliphatic imine (C=N–C) groups is 2. The van der Waals surface area contributed by atoms with Crippen LogP contribution >= 0.6 is 56.7 Å². The third-order valence-electron chi connectivity index (χ3n) is 5.49. The summed E-state index contributed by atoms with van der Waals surface area (Å²) in [5.41, 5.74) is 2.09.